The third-order valence-electron chi connectivity index (χ3n) is 4.99. The smallest absolute Gasteiger partial charge is 0.384 e. The summed E-state index contributed by atoms with van der Waals surface area (Å²) in [6, 6.07) is 12.3. The van der Waals surface area contributed by atoms with Gasteiger partial charge in [-0.15, -0.1) is 0 Å². The SMILES string of the molecule is COCCc1c(N)nc(-n2c(C)nc3ccccc32)nc1Nc1ccc(C(F)(F)F)cc1. The lowest BCUT2D eigenvalue weighted by molar-refractivity contribution is -0.137. The summed E-state index contributed by atoms with van der Waals surface area (Å²) in [6.07, 6.45) is -3.98. The van der Waals surface area contributed by atoms with Crippen molar-refractivity contribution >= 4 is 28.4 Å². The first-order valence-electron chi connectivity index (χ1n) is 9.82. The Kier molecular flexibility index (Phi) is 5.70. The van der Waals surface area contributed by atoms with Crippen molar-refractivity contribution in [1.82, 2.24) is 19.5 Å². The number of aryl methyl sites for hydroxylation is 1. The molecule has 0 saturated heterocycles. The van der Waals surface area contributed by atoms with E-state index in [2.05, 4.69) is 20.3 Å². The van der Waals surface area contributed by atoms with Gasteiger partial charge < -0.3 is 15.8 Å². The maximum Gasteiger partial charge on any atom is 0.416 e. The molecule has 0 radical (unpaired) electrons. The normalized spacial score (nSPS) is 11.8. The Morgan fingerprint density at radius 2 is 1.75 bits per heavy atom. The van der Waals surface area contributed by atoms with E-state index in [4.69, 9.17) is 10.5 Å². The lowest BCUT2D eigenvalue weighted by atomic mass is 10.1. The minimum Gasteiger partial charge on any atom is -0.384 e. The lowest BCUT2D eigenvalue weighted by Crippen LogP contribution is -2.13. The number of methoxy groups -OCH3 is 1. The second-order valence-electron chi connectivity index (χ2n) is 7.16. The van der Waals surface area contributed by atoms with Crippen LogP contribution in [0.2, 0.25) is 0 Å². The molecule has 32 heavy (non-hydrogen) atoms. The number of nitrogen functional groups attached to an aromatic ring is 1. The fourth-order valence-corrected chi connectivity index (χ4v) is 3.42. The summed E-state index contributed by atoms with van der Waals surface area (Å²) < 4.78 is 45.6. The summed E-state index contributed by atoms with van der Waals surface area (Å²) in [5, 5.41) is 3.08. The summed E-state index contributed by atoms with van der Waals surface area (Å²) in [4.78, 5) is 13.7. The predicted molar refractivity (Wildman–Crippen MR) is 116 cm³/mol. The van der Waals surface area contributed by atoms with Gasteiger partial charge in [-0.25, -0.2) is 4.98 Å². The van der Waals surface area contributed by atoms with Crippen molar-refractivity contribution in [2.45, 2.75) is 19.5 Å². The van der Waals surface area contributed by atoms with Crippen LogP contribution in [-0.2, 0) is 17.3 Å². The topological polar surface area (TPSA) is 90.9 Å². The van der Waals surface area contributed by atoms with Crippen molar-refractivity contribution < 1.29 is 17.9 Å². The lowest BCUT2D eigenvalue weighted by Gasteiger charge is -2.16. The summed E-state index contributed by atoms with van der Waals surface area (Å²) in [5.41, 5.74) is 8.18. The molecule has 0 aliphatic rings. The fourth-order valence-electron chi connectivity index (χ4n) is 3.42. The highest BCUT2D eigenvalue weighted by Crippen LogP contribution is 2.31. The van der Waals surface area contributed by atoms with Crippen LogP contribution in [0.5, 0.6) is 0 Å². The number of halogens is 3. The number of ether oxygens (including phenoxy) is 1. The van der Waals surface area contributed by atoms with E-state index < -0.39 is 11.7 Å². The molecular formula is C22H21F3N6O. The molecular weight excluding hydrogens is 421 g/mol. The summed E-state index contributed by atoms with van der Waals surface area (Å²) in [7, 11) is 1.56. The number of benzene rings is 2. The summed E-state index contributed by atoms with van der Waals surface area (Å²) in [5.74, 6) is 1.63. The largest absolute Gasteiger partial charge is 0.416 e. The third kappa shape index (κ3) is 4.22. The first-order valence-corrected chi connectivity index (χ1v) is 9.82. The second kappa shape index (κ2) is 8.46. The molecule has 0 amide bonds. The average Bonchev–Trinajstić information content (AvgIpc) is 3.08. The molecule has 0 spiro atoms. The van der Waals surface area contributed by atoms with E-state index in [9.17, 15) is 13.2 Å². The maximum absolute atomic E-state index is 12.9. The third-order valence-corrected chi connectivity index (χ3v) is 4.99. The first kappa shape index (κ1) is 21.6. The molecule has 0 aliphatic carbocycles. The second-order valence-corrected chi connectivity index (χ2v) is 7.16. The van der Waals surface area contributed by atoms with Gasteiger partial charge in [0.1, 0.15) is 17.5 Å². The quantitative estimate of drug-likeness (QED) is 0.452. The highest BCUT2D eigenvalue weighted by atomic mass is 19.4. The van der Waals surface area contributed by atoms with Crippen LogP contribution in [0.25, 0.3) is 17.0 Å². The number of para-hydroxylation sites is 2. The molecule has 2 aromatic carbocycles. The number of aromatic nitrogens is 4. The standard InChI is InChI=1S/C22H21F3N6O/c1-13-27-17-5-3-4-6-18(17)31(13)21-29-19(26)16(11-12-32-2)20(30-21)28-15-9-7-14(8-10-15)22(23,24)25/h3-10H,11-12H2,1-2H3,(H3,26,28,29,30). The van der Waals surface area contributed by atoms with Crippen LogP contribution in [0.4, 0.5) is 30.5 Å². The highest BCUT2D eigenvalue weighted by molar-refractivity contribution is 5.78. The molecule has 2 aromatic heterocycles. The number of alkyl halides is 3. The molecule has 10 heteroatoms. The van der Waals surface area contributed by atoms with E-state index in [1.165, 1.54) is 12.1 Å². The predicted octanol–water partition coefficient (Wildman–Crippen LogP) is 4.66. The van der Waals surface area contributed by atoms with Crippen molar-refractivity contribution in [3.05, 3.63) is 65.5 Å². The number of hydrogen-bond acceptors (Lipinski definition) is 6. The Labute approximate surface area is 182 Å². The van der Waals surface area contributed by atoms with Crippen LogP contribution < -0.4 is 11.1 Å². The molecule has 2 heterocycles. The Hall–Kier alpha value is -3.66. The fraction of sp³-hybridized carbons (Fsp3) is 0.227. The Bertz CT molecular complexity index is 1250. The van der Waals surface area contributed by atoms with Gasteiger partial charge in [-0.3, -0.25) is 4.57 Å². The minimum atomic E-state index is -4.41. The van der Waals surface area contributed by atoms with Crippen molar-refractivity contribution in [1.29, 1.82) is 0 Å². The molecule has 166 valence electrons. The molecule has 0 aliphatic heterocycles. The molecule has 0 atom stereocenters. The zero-order valence-corrected chi connectivity index (χ0v) is 17.4. The molecule has 0 bridgehead atoms. The number of nitrogens with zero attached hydrogens (tertiary/aromatic N) is 4. The zero-order valence-electron chi connectivity index (χ0n) is 17.4. The number of anilines is 3. The number of nitrogens with one attached hydrogen (secondary N) is 1. The monoisotopic (exact) mass is 442 g/mol. The van der Waals surface area contributed by atoms with Gasteiger partial charge in [-0.05, 0) is 43.3 Å². The van der Waals surface area contributed by atoms with E-state index in [1.54, 1.807) is 11.7 Å². The van der Waals surface area contributed by atoms with Crippen LogP contribution >= 0.6 is 0 Å². The number of nitrogens with two attached hydrogens (primary N) is 1. The first-order chi connectivity index (χ1) is 15.3. The van der Waals surface area contributed by atoms with Gasteiger partial charge in [-0.2, -0.15) is 23.1 Å². The summed E-state index contributed by atoms with van der Waals surface area (Å²) >= 11 is 0. The molecule has 0 saturated carbocycles. The van der Waals surface area contributed by atoms with E-state index in [-0.39, 0.29) is 5.82 Å². The maximum atomic E-state index is 12.9. The molecule has 0 fully saturated rings. The molecule has 3 N–H and O–H groups in total. The Morgan fingerprint density at radius 1 is 1.03 bits per heavy atom. The molecule has 4 rings (SSSR count). The van der Waals surface area contributed by atoms with Gasteiger partial charge >= 0.3 is 6.18 Å². The van der Waals surface area contributed by atoms with Gasteiger partial charge in [0, 0.05) is 24.8 Å². The number of fused-ring (bicyclic) bond motifs is 1. The Morgan fingerprint density at radius 3 is 2.44 bits per heavy atom. The number of hydrogen-bond donors (Lipinski definition) is 2. The van der Waals surface area contributed by atoms with Gasteiger partial charge in [0.05, 0.1) is 23.2 Å². The van der Waals surface area contributed by atoms with E-state index in [0.717, 1.165) is 23.2 Å². The van der Waals surface area contributed by atoms with E-state index in [0.29, 0.717) is 41.9 Å². The van der Waals surface area contributed by atoms with Crippen LogP contribution in [0.3, 0.4) is 0 Å². The molecule has 0 unspecified atom stereocenters. The molecule has 4 aromatic rings. The van der Waals surface area contributed by atoms with Gasteiger partial charge in [0.25, 0.3) is 0 Å². The Balaban J connectivity index is 1.79. The van der Waals surface area contributed by atoms with Crippen molar-refractivity contribution in [3.63, 3.8) is 0 Å². The van der Waals surface area contributed by atoms with Crippen molar-refractivity contribution in [3.8, 4) is 5.95 Å². The van der Waals surface area contributed by atoms with Gasteiger partial charge in [0.2, 0.25) is 5.95 Å². The van der Waals surface area contributed by atoms with Gasteiger partial charge in [0.15, 0.2) is 0 Å². The highest BCUT2D eigenvalue weighted by Gasteiger charge is 2.30. The van der Waals surface area contributed by atoms with Gasteiger partial charge in [-0.1, -0.05) is 12.1 Å². The summed E-state index contributed by atoms with van der Waals surface area (Å²) in [6.45, 7) is 2.21. The van der Waals surface area contributed by atoms with E-state index in [1.807, 2.05) is 31.2 Å². The van der Waals surface area contributed by atoms with E-state index >= 15 is 0 Å². The van der Waals surface area contributed by atoms with Crippen LogP contribution in [0.15, 0.2) is 48.5 Å². The average molecular weight is 442 g/mol. The number of imidazole rings is 1. The molecule has 7 nitrogen and oxygen atoms in total. The van der Waals surface area contributed by atoms with Crippen LogP contribution in [0, 0.1) is 6.92 Å². The van der Waals surface area contributed by atoms with Crippen molar-refractivity contribution in [2.24, 2.45) is 0 Å². The van der Waals surface area contributed by atoms with Crippen LogP contribution in [0.1, 0.15) is 17.0 Å². The zero-order chi connectivity index (χ0) is 22.9. The number of rotatable bonds is 6. The minimum absolute atomic E-state index is 0.249. The van der Waals surface area contributed by atoms with Crippen molar-refractivity contribution in [2.75, 3.05) is 24.8 Å². The van der Waals surface area contributed by atoms with Crippen LogP contribution in [-0.4, -0.2) is 33.2 Å².